The van der Waals surface area contributed by atoms with Gasteiger partial charge in [-0.1, -0.05) is 30.3 Å². The van der Waals surface area contributed by atoms with E-state index in [1.54, 1.807) is 0 Å². The van der Waals surface area contributed by atoms with Gasteiger partial charge in [-0.3, -0.25) is 4.98 Å². The lowest BCUT2D eigenvalue weighted by Gasteiger charge is -2.05. The minimum atomic E-state index is -0.388. The standard InChI is InChI=1S/C12H10FNO/c13-11-6-12(8-14-7-11)15-9-10-4-2-1-3-5-10/h1-8H,9H2. The summed E-state index contributed by atoms with van der Waals surface area (Å²) in [5.74, 6) is 0.0550. The van der Waals surface area contributed by atoms with E-state index in [0.717, 1.165) is 11.8 Å². The van der Waals surface area contributed by atoms with Gasteiger partial charge in [0.15, 0.2) is 0 Å². The van der Waals surface area contributed by atoms with E-state index in [1.807, 2.05) is 30.3 Å². The molecule has 0 amide bonds. The molecule has 0 fully saturated rings. The Balaban J connectivity index is 1.99. The third kappa shape index (κ3) is 2.77. The summed E-state index contributed by atoms with van der Waals surface area (Å²) >= 11 is 0. The van der Waals surface area contributed by atoms with E-state index in [4.69, 9.17) is 4.74 Å². The molecule has 0 saturated carbocycles. The van der Waals surface area contributed by atoms with Crippen molar-refractivity contribution < 1.29 is 9.13 Å². The number of halogens is 1. The molecule has 2 rings (SSSR count). The van der Waals surface area contributed by atoms with Crippen molar-refractivity contribution in [1.29, 1.82) is 0 Å². The molecule has 0 bridgehead atoms. The molecule has 15 heavy (non-hydrogen) atoms. The average molecular weight is 203 g/mol. The van der Waals surface area contributed by atoms with Crippen LogP contribution in [-0.2, 0) is 6.61 Å². The highest BCUT2D eigenvalue weighted by molar-refractivity contribution is 5.19. The maximum absolute atomic E-state index is 12.8. The molecule has 0 spiro atoms. The SMILES string of the molecule is Fc1cncc(OCc2ccccc2)c1. The molecule has 1 aromatic carbocycles. The van der Waals surface area contributed by atoms with E-state index in [1.165, 1.54) is 12.3 Å². The maximum Gasteiger partial charge on any atom is 0.145 e. The van der Waals surface area contributed by atoms with Crippen LogP contribution >= 0.6 is 0 Å². The third-order valence-electron chi connectivity index (χ3n) is 1.93. The summed E-state index contributed by atoms with van der Waals surface area (Å²) in [6.45, 7) is 0.423. The molecule has 0 N–H and O–H groups in total. The van der Waals surface area contributed by atoms with E-state index in [-0.39, 0.29) is 5.82 Å². The highest BCUT2D eigenvalue weighted by Crippen LogP contribution is 2.12. The molecule has 0 aliphatic heterocycles. The number of pyridine rings is 1. The molecule has 0 atom stereocenters. The number of benzene rings is 1. The Morgan fingerprint density at radius 3 is 2.67 bits per heavy atom. The fourth-order valence-corrected chi connectivity index (χ4v) is 1.21. The first kappa shape index (κ1) is 9.65. The molecule has 0 radical (unpaired) electrons. The summed E-state index contributed by atoms with van der Waals surface area (Å²) in [6.07, 6.45) is 2.64. The number of aromatic nitrogens is 1. The normalized spacial score (nSPS) is 9.93. The van der Waals surface area contributed by atoms with E-state index in [2.05, 4.69) is 4.98 Å². The zero-order valence-electron chi connectivity index (χ0n) is 8.06. The van der Waals surface area contributed by atoms with Crippen LogP contribution in [0.4, 0.5) is 4.39 Å². The van der Waals surface area contributed by atoms with Crippen molar-refractivity contribution in [2.24, 2.45) is 0 Å². The molecule has 2 nitrogen and oxygen atoms in total. The number of ether oxygens (including phenoxy) is 1. The molecular formula is C12H10FNO. The lowest BCUT2D eigenvalue weighted by molar-refractivity contribution is 0.303. The number of hydrogen-bond donors (Lipinski definition) is 0. The highest BCUT2D eigenvalue weighted by Gasteiger charge is 1.97. The smallest absolute Gasteiger partial charge is 0.145 e. The quantitative estimate of drug-likeness (QED) is 0.765. The van der Waals surface area contributed by atoms with Crippen LogP contribution in [-0.4, -0.2) is 4.98 Å². The molecule has 76 valence electrons. The van der Waals surface area contributed by atoms with Gasteiger partial charge in [0.05, 0.1) is 12.4 Å². The average Bonchev–Trinajstić information content (AvgIpc) is 2.28. The topological polar surface area (TPSA) is 22.1 Å². The van der Waals surface area contributed by atoms with Gasteiger partial charge in [-0.2, -0.15) is 0 Å². The van der Waals surface area contributed by atoms with Crippen LogP contribution in [0, 0.1) is 5.82 Å². The van der Waals surface area contributed by atoms with Gasteiger partial charge in [0.25, 0.3) is 0 Å². The van der Waals surface area contributed by atoms with Gasteiger partial charge < -0.3 is 4.74 Å². The van der Waals surface area contributed by atoms with Crippen LogP contribution in [0.5, 0.6) is 5.75 Å². The van der Waals surface area contributed by atoms with E-state index in [9.17, 15) is 4.39 Å². The van der Waals surface area contributed by atoms with Gasteiger partial charge in [-0.15, -0.1) is 0 Å². The summed E-state index contributed by atoms with van der Waals surface area (Å²) in [6, 6.07) is 11.0. The summed E-state index contributed by atoms with van der Waals surface area (Å²) in [4.78, 5) is 3.70. The molecule has 0 aliphatic carbocycles. The second-order valence-electron chi connectivity index (χ2n) is 3.11. The first-order valence-corrected chi connectivity index (χ1v) is 4.62. The van der Waals surface area contributed by atoms with E-state index in [0.29, 0.717) is 12.4 Å². The summed E-state index contributed by atoms with van der Waals surface area (Å²) in [7, 11) is 0. The van der Waals surface area contributed by atoms with Gasteiger partial charge in [-0.25, -0.2) is 4.39 Å². The Hall–Kier alpha value is -1.90. The number of rotatable bonds is 3. The Bertz CT molecular complexity index is 431. The summed E-state index contributed by atoms with van der Waals surface area (Å²) in [5.41, 5.74) is 1.04. The lowest BCUT2D eigenvalue weighted by Crippen LogP contribution is -1.95. The predicted octanol–water partition coefficient (Wildman–Crippen LogP) is 2.80. The molecule has 0 aliphatic rings. The lowest BCUT2D eigenvalue weighted by atomic mass is 10.2. The summed E-state index contributed by atoms with van der Waals surface area (Å²) < 4.78 is 18.1. The first-order valence-electron chi connectivity index (χ1n) is 4.62. The fraction of sp³-hybridized carbons (Fsp3) is 0.0833. The van der Waals surface area contributed by atoms with Crippen LogP contribution in [0.25, 0.3) is 0 Å². The fourth-order valence-electron chi connectivity index (χ4n) is 1.21. The van der Waals surface area contributed by atoms with Crippen molar-refractivity contribution in [3.05, 3.63) is 60.2 Å². The van der Waals surface area contributed by atoms with Gasteiger partial charge in [0.2, 0.25) is 0 Å². The second kappa shape index (κ2) is 4.55. The van der Waals surface area contributed by atoms with Crippen LogP contribution in [0.3, 0.4) is 0 Å². The van der Waals surface area contributed by atoms with Crippen molar-refractivity contribution in [2.75, 3.05) is 0 Å². The van der Waals surface area contributed by atoms with Crippen molar-refractivity contribution in [2.45, 2.75) is 6.61 Å². The molecular weight excluding hydrogens is 193 g/mol. The molecule has 0 saturated heterocycles. The van der Waals surface area contributed by atoms with Crippen molar-refractivity contribution in [3.8, 4) is 5.75 Å². The molecule has 1 heterocycles. The van der Waals surface area contributed by atoms with Gasteiger partial charge in [0.1, 0.15) is 18.2 Å². The molecule has 2 aromatic rings. The molecule has 3 heteroatoms. The van der Waals surface area contributed by atoms with Crippen LogP contribution in [0.2, 0.25) is 0 Å². The van der Waals surface area contributed by atoms with Gasteiger partial charge in [0, 0.05) is 6.07 Å². The Morgan fingerprint density at radius 2 is 1.93 bits per heavy atom. The van der Waals surface area contributed by atoms with Crippen molar-refractivity contribution >= 4 is 0 Å². The monoisotopic (exact) mass is 203 g/mol. The first-order chi connectivity index (χ1) is 7.34. The highest BCUT2D eigenvalue weighted by atomic mass is 19.1. The predicted molar refractivity (Wildman–Crippen MR) is 55.0 cm³/mol. The van der Waals surface area contributed by atoms with Gasteiger partial charge in [-0.05, 0) is 5.56 Å². The molecule has 1 aromatic heterocycles. The zero-order valence-corrected chi connectivity index (χ0v) is 8.06. The van der Waals surface area contributed by atoms with E-state index >= 15 is 0 Å². The van der Waals surface area contributed by atoms with Crippen LogP contribution in [0.1, 0.15) is 5.56 Å². The second-order valence-corrected chi connectivity index (χ2v) is 3.11. The molecule has 0 unspecified atom stereocenters. The summed E-state index contributed by atoms with van der Waals surface area (Å²) in [5, 5.41) is 0. The minimum Gasteiger partial charge on any atom is -0.487 e. The maximum atomic E-state index is 12.8. The Morgan fingerprint density at radius 1 is 1.13 bits per heavy atom. The zero-order chi connectivity index (χ0) is 10.5. The minimum absolute atomic E-state index is 0.388. The van der Waals surface area contributed by atoms with Crippen LogP contribution in [0.15, 0.2) is 48.8 Å². The number of nitrogens with zero attached hydrogens (tertiary/aromatic N) is 1. The van der Waals surface area contributed by atoms with Crippen LogP contribution < -0.4 is 4.74 Å². The third-order valence-corrected chi connectivity index (χ3v) is 1.93. The number of hydrogen-bond acceptors (Lipinski definition) is 2. The Labute approximate surface area is 87.4 Å². The Kier molecular flexibility index (Phi) is 2.93. The van der Waals surface area contributed by atoms with Crippen molar-refractivity contribution in [1.82, 2.24) is 4.98 Å². The van der Waals surface area contributed by atoms with Crippen molar-refractivity contribution in [3.63, 3.8) is 0 Å². The largest absolute Gasteiger partial charge is 0.487 e. The van der Waals surface area contributed by atoms with E-state index < -0.39 is 0 Å². The van der Waals surface area contributed by atoms with Gasteiger partial charge >= 0.3 is 0 Å².